The van der Waals surface area contributed by atoms with Gasteiger partial charge in [0.05, 0.1) is 24.9 Å². The van der Waals surface area contributed by atoms with E-state index < -0.39 is 0 Å². The van der Waals surface area contributed by atoms with Crippen molar-refractivity contribution in [3.8, 4) is 5.75 Å². The van der Waals surface area contributed by atoms with Crippen molar-refractivity contribution in [2.45, 2.75) is 63.8 Å². The third-order valence-electron chi connectivity index (χ3n) is 5.81. The molecule has 5 unspecified atom stereocenters. The highest BCUT2D eigenvalue weighted by Crippen LogP contribution is 2.46. The van der Waals surface area contributed by atoms with Crippen LogP contribution < -0.4 is 10.2 Å². The first kappa shape index (κ1) is 20.1. The number of benzene rings is 1. The van der Waals surface area contributed by atoms with Crippen molar-refractivity contribution in [2.24, 2.45) is 11.8 Å². The molecule has 27 heavy (non-hydrogen) atoms. The van der Waals surface area contributed by atoms with Gasteiger partial charge in [-0.1, -0.05) is 18.2 Å². The van der Waals surface area contributed by atoms with Crippen LogP contribution in [0, 0.1) is 11.8 Å². The SMILES string of the molecule is CC(CCC(=O)NO)OCCC1C2CCC(O2)C1CCOc1ccccc1. The molecule has 5 atom stereocenters. The van der Waals surface area contributed by atoms with Crippen molar-refractivity contribution >= 4 is 5.91 Å². The second-order valence-electron chi connectivity index (χ2n) is 7.61. The summed E-state index contributed by atoms with van der Waals surface area (Å²) in [5.74, 6) is 1.61. The molecule has 1 aromatic rings. The molecule has 1 amide bonds. The molecular weight excluding hydrogens is 346 g/mol. The van der Waals surface area contributed by atoms with Gasteiger partial charge in [-0.2, -0.15) is 0 Å². The predicted octanol–water partition coefficient (Wildman–Crippen LogP) is 3.33. The van der Waals surface area contributed by atoms with E-state index in [1.54, 1.807) is 5.48 Å². The molecule has 2 aliphatic heterocycles. The molecule has 6 heteroatoms. The maximum atomic E-state index is 11.1. The van der Waals surface area contributed by atoms with Crippen molar-refractivity contribution in [1.82, 2.24) is 5.48 Å². The summed E-state index contributed by atoms with van der Waals surface area (Å²) in [6.45, 7) is 3.35. The summed E-state index contributed by atoms with van der Waals surface area (Å²) in [5, 5.41) is 8.54. The average molecular weight is 377 g/mol. The Balaban J connectivity index is 1.39. The van der Waals surface area contributed by atoms with Gasteiger partial charge in [0.2, 0.25) is 5.91 Å². The largest absolute Gasteiger partial charge is 0.494 e. The Hall–Kier alpha value is -1.63. The van der Waals surface area contributed by atoms with Gasteiger partial charge in [0.25, 0.3) is 0 Å². The van der Waals surface area contributed by atoms with Gasteiger partial charge >= 0.3 is 0 Å². The summed E-state index contributed by atoms with van der Waals surface area (Å²) in [4.78, 5) is 11.1. The third-order valence-corrected chi connectivity index (χ3v) is 5.81. The third kappa shape index (κ3) is 5.67. The van der Waals surface area contributed by atoms with E-state index in [2.05, 4.69) is 0 Å². The summed E-state index contributed by atoms with van der Waals surface area (Å²) >= 11 is 0. The number of nitrogens with one attached hydrogen (secondary N) is 1. The fourth-order valence-corrected chi connectivity index (χ4v) is 4.38. The molecule has 0 aliphatic carbocycles. The van der Waals surface area contributed by atoms with Crippen molar-refractivity contribution in [3.05, 3.63) is 30.3 Å². The molecule has 2 aliphatic rings. The van der Waals surface area contributed by atoms with Crippen LogP contribution in [-0.2, 0) is 14.3 Å². The van der Waals surface area contributed by atoms with Crippen LogP contribution in [0.1, 0.15) is 45.4 Å². The van der Waals surface area contributed by atoms with Crippen LogP contribution in [0.25, 0.3) is 0 Å². The van der Waals surface area contributed by atoms with E-state index >= 15 is 0 Å². The van der Waals surface area contributed by atoms with Gasteiger partial charge < -0.3 is 14.2 Å². The van der Waals surface area contributed by atoms with Crippen LogP contribution >= 0.6 is 0 Å². The second kappa shape index (κ2) is 10.1. The number of rotatable bonds is 11. The second-order valence-corrected chi connectivity index (χ2v) is 7.61. The van der Waals surface area contributed by atoms with Crippen LogP contribution in [-0.4, -0.2) is 42.6 Å². The van der Waals surface area contributed by atoms with Gasteiger partial charge in [-0.3, -0.25) is 10.0 Å². The van der Waals surface area contributed by atoms with Gasteiger partial charge in [-0.05, 0) is 63.0 Å². The monoisotopic (exact) mass is 377 g/mol. The van der Waals surface area contributed by atoms with E-state index in [1.807, 2.05) is 37.3 Å². The minimum atomic E-state index is -0.370. The van der Waals surface area contributed by atoms with E-state index in [4.69, 9.17) is 19.4 Å². The summed E-state index contributed by atoms with van der Waals surface area (Å²) in [6.07, 6.45) is 5.90. The van der Waals surface area contributed by atoms with Gasteiger partial charge in [-0.15, -0.1) is 0 Å². The lowest BCUT2D eigenvalue weighted by atomic mass is 9.76. The number of para-hydroxylation sites is 1. The highest BCUT2D eigenvalue weighted by molar-refractivity contribution is 5.74. The molecule has 0 spiro atoms. The fourth-order valence-electron chi connectivity index (χ4n) is 4.38. The highest BCUT2D eigenvalue weighted by atomic mass is 16.5. The number of hydrogen-bond acceptors (Lipinski definition) is 5. The molecule has 0 saturated carbocycles. The summed E-state index contributed by atoms with van der Waals surface area (Å²) < 4.78 is 17.9. The average Bonchev–Trinajstić information content (AvgIpc) is 3.29. The van der Waals surface area contributed by atoms with Crippen LogP contribution in [0.3, 0.4) is 0 Å². The van der Waals surface area contributed by atoms with Gasteiger partial charge in [0, 0.05) is 13.0 Å². The molecule has 2 saturated heterocycles. The number of fused-ring (bicyclic) bond motifs is 2. The normalized spacial score (nSPS) is 27.5. The molecule has 6 nitrogen and oxygen atoms in total. The van der Waals surface area contributed by atoms with E-state index in [9.17, 15) is 4.79 Å². The molecule has 0 radical (unpaired) electrons. The van der Waals surface area contributed by atoms with Crippen LogP contribution in [0.15, 0.2) is 30.3 Å². The van der Waals surface area contributed by atoms with Crippen molar-refractivity contribution in [1.29, 1.82) is 0 Å². The molecule has 0 aromatic heterocycles. The molecular formula is C21H31NO5. The Morgan fingerprint density at radius 1 is 1.19 bits per heavy atom. The van der Waals surface area contributed by atoms with Crippen LogP contribution in [0.2, 0.25) is 0 Å². The van der Waals surface area contributed by atoms with Crippen LogP contribution in [0.4, 0.5) is 0 Å². The molecule has 2 N–H and O–H groups in total. The van der Waals surface area contributed by atoms with Gasteiger partial charge in [0.15, 0.2) is 0 Å². The maximum Gasteiger partial charge on any atom is 0.243 e. The Morgan fingerprint density at radius 3 is 2.52 bits per heavy atom. The lowest BCUT2D eigenvalue weighted by molar-refractivity contribution is -0.129. The number of amides is 1. The Labute approximate surface area is 161 Å². The van der Waals surface area contributed by atoms with E-state index in [1.165, 1.54) is 0 Å². The first-order valence-electron chi connectivity index (χ1n) is 10.0. The zero-order valence-electron chi connectivity index (χ0n) is 16.0. The molecule has 150 valence electrons. The molecule has 3 rings (SSSR count). The lowest BCUT2D eigenvalue weighted by Crippen LogP contribution is -2.30. The van der Waals surface area contributed by atoms with E-state index in [-0.39, 0.29) is 18.4 Å². The lowest BCUT2D eigenvalue weighted by Gasteiger charge is -2.28. The first-order valence-corrected chi connectivity index (χ1v) is 10.0. The van der Waals surface area contributed by atoms with Gasteiger partial charge in [0.1, 0.15) is 5.75 Å². The maximum absolute atomic E-state index is 11.1. The number of hydrogen-bond donors (Lipinski definition) is 2. The predicted molar refractivity (Wildman–Crippen MR) is 101 cm³/mol. The van der Waals surface area contributed by atoms with E-state index in [0.717, 1.165) is 31.4 Å². The Bertz CT molecular complexity index is 581. The van der Waals surface area contributed by atoms with Crippen LogP contribution in [0.5, 0.6) is 5.75 Å². The first-order chi connectivity index (χ1) is 13.2. The smallest absolute Gasteiger partial charge is 0.243 e. The summed E-state index contributed by atoms with van der Waals surface area (Å²) in [6, 6.07) is 9.94. The van der Waals surface area contributed by atoms with E-state index in [0.29, 0.717) is 43.7 Å². The Kier molecular flexibility index (Phi) is 7.50. The van der Waals surface area contributed by atoms with Gasteiger partial charge in [-0.25, -0.2) is 5.48 Å². The zero-order valence-corrected chi connectivity index (χ0v) is 16.0. The number of carbonyl (C=O) groups excluding carboxylic acids is 1. The molecule has 2 heterocycles. The minimum absolute atomic E-state index is 0.00155. The zero-order chi connectivity index (χ0) is 19.1. The molecule has 1 aromatic carbocycles. The highest BCUT2D eigenvalue weighted by Gasteiger charge is 2.48. The number of hydroxylamine groups is 1. The number of ether oxygens (including phenoxy) is 3. The summed E-state index contributed by atoms with van der Waals surface area (Å²) in [5.41, 5.74) is 1.65. The topological polar surface area (TPSA) is 77.0 Å². The quantitative estimate of drug-likeness (QED) is 0.457. The number of carbonyl (C=O) groups is 1. The minimum Gasteiger partial charge on any atom is -0.494 e. The van der Waals surface area contributed by atoms with Crippen molar-refractivity contribution in [3.63, 3.8) is 0 Å². The standard InChI is InChI=1S/C21H31NO5/c1-15(7-10-21(23)22-24)25-13-11-17-18(20-9-8-19(17)27-20)12-14-26-16-5-3-2-4-6-16/h2-6,15,17-20,24H,7-14H2,1H3,(H,22,23). The fraction of sp³-hybridized carbons (Fsp3) is 0.667. The van der Waals surface area contributed by atoms with Crippen molar-refractivity contribution < 1.29 is 24.2 Å². The van der Waals surface area contributed by atoms with Crippen molar-refractivity contribution in [2.75, 3.05) is 13.2 Å². The Morgan fingerprint density at radius 2 is 1.85 bits per heavy atom. The molecule has 2 bridgehead atoms. The molecule has 2 fully saturated rings. The summed E-state index contributed by atoms with van der Waals surface area (Å²) in [7, 11) is 0.